The number of aliphatic hydroxyl groups is 1. The van der Waals surface area contributed by atoms with Crippen LogP contribution in [-0.2, 0) is 7.05 Å². The van der Waals surface area contributed by atoms with Crippen molar-refractivity contribution < 1.29 is 9.90 Å². The topological polar surface area (TPSA) is 80.0 Å². The van der Waals surface area contributed by atoms with Crippen molar-refractivity contribution in [1.82, 2.24) is 20.3 Å². The van der Waals surface area contributed by atoms with Crippen molar-refractivity contribution in [3.63, 3.8) is 0 Å². The first-order valence-electron chi connectivity index (χ1n) is 6.44. The van der Waals surface area contributed by atoms with Gasteiger partial charge in [-0.1, -0.05) is 23.4 Å². The van der Waals surface area contributed by atoms with Gasteiger partial charge in [-0.05, 0) is 16.8 Å². The van der Waals surface area contributed by atoms with E-state index in [1.807, 2.05) is 29.6 Å². The van der Waals surface area contributed by atoms with E-state index in [2.05, 4.69) is 15.6 Å². The monoisotopic (exact) mass is 302 g/mol. The highest BCUT2D eigenvalue weighted by Crippen LogP contribution is 2.29. The summed E-state index contributed by atoms with van der Waals surface area (Å²) in [6, 6.07) is 7.87. The summed E-state index contributed by atoms with van der Waals surface area (Å²) in [6.45, 7) is 0.135. The Kier molecular flexibility index (Phi) is 3.68. The van der Waals surface area contributed by atoms with Crippen molar-refractivity contribution in [1.29, 1.82) is 0 Å². The predicted molar refractivity (Wildman–Crippen MR) is 80.1 cm³/mol. The van der Waals surface area contributed by atoms with E-state index in [1.54, 1.807) is 18.4 Å². The van der Waals surface area contributed by atoms with Crippen LogP contribution < -0.4 is 5.32 Å². The van der Waals surface area contributed by atoms with Crippen LogP contribution in [0, 0.1) is 0 Å². The fourth-order valence-corrected chi connectivity index (χ4v) is 3.11. The largest absolute Gasteiger partial charge is 0.387 e. The van der Waals surface area contributed by atoms with Crippen LogP contribution in [0.5, 0.6) is 0 Å². The molecule has 0 aliphatic rings. The summed E-state index contributed by atoms with van der Waals surface area (Å²) in [4.78, 5) is 11.9. The van der Waals surface area contributed by atoms with Crippen LogP contribution in [0.2, 0.25) is 0 Å². The molecule has 1 aromatic carbocycles. The molecule has 7 heteroatoms. The zero-order valence-corrected chi connectivity index (χ0v) is 12.2. The molecule has 21 heavy (non-hydrogen) atoms. The number of hydrogen-bond acceptors (Lipinski definition) is 5. The molecule has 0 spiro atoms. The molecule has 2 aromatic heterocycles. The Morgan fingerprint density at radius 2 is 2.29 bits per heavy atom. The molecule has 0 aliphatic carbocycles. The van der Waals surface area contributed by atoms with Crippen molar-refractivity contribution in [3.05, 3.63) is 47.1 Å². The first-order chi connectivity index (χ1) is 10.1. The smallest absolute Gasteiger partial charge is 0.273 e. The maximum Gasteiger partial charge on any atom is 0.273 e. The van der Waals surface area contributed by atoms with Crippen LogP contribution in [0.15, 0.2) is 35.8 Å². The number of carbonyl (C=O) groups excluding carboxylic acids is 1. The Morgan fingerprint density at radius 3 is 3.05 bits per heavy atom. The number of aliphatic hydroxyl groups excluding tert-OH is 1. The van der Waals surface area contributed by atoms with Crippen molar-refractivity contribution >= 4 is 27.3 Å². The SMILES string of the molecule is Cn1cc(C(=O)NCC(O)c2csc3ccccc23)nn1. The number of aryl methyl sites for hydroxylation is 1. The van der Waals surface area contributed by atoms with Gasteiger partial charge in [0.1, 0.15) is 0 Å². The number of aromatic nitrogens is 3. The summed E-state index contributed by atoms with van der Waals surface area (Å²) in [6.07, 6.45) is 0.781. The number of hydrogen-bond donors (Lipinski definition) is 2. The van der Waals surface area contributed by atoms with Gasteiger partial charge in [-0.3, -0.25) is 9.48 Å². The number of amides is 1. The minimum absolute atomic E-state index is 0.135. The summed E-state index contributed by atoms with van der Waals surface area (Å²) in [5.41, 5.74) is 1.06. The molecule has 2 heterocycles. The maximum atomic E-state index is 11.9. The van der Waals surface area contributed by atoms with Crippen molar-refractivity contribution in [3.8, 4) is 0 Å². The van der Waals surface area contributed by atoms with Gasteiger partial charge in [-0.2, -0.15) is 0 Å². The molecule has 0 radical (unpaired) electrons. The fourth-order valence-electron chi connectivity index (χ4n) is 2.10. The molecule has 0 saturated heterocycles. The average molecular weight is 302 g/mol. The van der Waals surface area contributed by atoms with Gasteiger partial charge in [0.25, 0.3) is 5.91 Å². The summed E-state index contributed by atoms with van der Waals surface area (Å²) < 4.78 is 2.57. The van der Waals surface area contributed by atoms with Gasteiger partial charge in [0, 0.05) is 23.9 Å². The molecule has 1 unspecified atom stereocenters. The number of nitrogens with one attached hydrogen (secondary N) is 1. The minimum atomic E-state index is -0.748. The van der Waals surface area contributed by atoms with E-state index in [4.69, 9.17) is 0 Å². The summed E-state index contributed by atoms with van der Waals surface area (Å²) >= 11 is 1.58. The Morgan fingerprint density at radius 1 is 1.48 bits per heavy atom. The zero-order valence-electron chi connectivity index (χ0n) is 11.4. The molecule has 1 amide bonds. The molecule has 6 nitrogen and oxygen atoms in total. The molecule has 0 bridgehead atoms. The second kappa shape index (κ2) is 5.63. The van der Waals surface area contributed by atoms with Gasteiger partial charge in [0.05, 0.1) is 12.3 Å². The third-order valence-electron chi connectivity index (χ3n) is 3.16. The van der Waals surface area contributed by atoms with E-state index in [9.17, 15) is 9.90 Å². The van der Waals surface area contributed by atoms with E-state index >= 15 is 0 Å². The number of nitrogens with zero attached hydrogens (tertiary/aromatic N) is 3. The number of thiophene rings is 1. The Bertz CT molecular complexity index is 780. The lowest BCUT2D eigenvalue weighted by Crippen LogP contribution is -2.28. The molecule has 1 atom stereocenters. The standard InChI is InChI=1S/C14H14N4O2S/c1-18-7-11(16-17-18)14(20)15-6-12(19)10-8-21-13-5-3-2-4-9(10)13/h2-5,7-8,12,19H,6H2,1H3,(H,15,20). The van der Waals surface area contributed by atoms with Gasteiger partial charge in [0.15, 0.2) is 5.69 Å². The Labute approximate surface area is 125 Å². The van der Waals surface area contributed by atoms with Crippen LogP contribution in [0.1, 0.15) is 22.2 Å². The van der Waals surface area contributed by atoms with Crippen LogP contribution in [0.3, 0.4) is 0 Å². The average Bonchev–Trinajstić information content (AvgIpc) is 3.10. The van der Waals surface area contributed by atoms with E-state index in [1.165, 1.54) is 10.9 Å². The molecular weight excluding hydrogens is 288 g/mol. The molecule has 0 fully saturated rings. The highest BCUT2D eigenvalue weighted by Gasteiger charge is 2.16. The first-order valence-corrected chi connectivity index (χ1v) is 7.32. The van der Waals surface area contributed by atoms with Crippen LogP contribution in [0.4, 0.5) is 0 Å². The van der Waals surface area contributed by atoms with E-state index in [0.29, 0.717) is 0 Å². The number of carbonyl (C=O) groups is 1. The third kappa shape index (κ3) is 2.79. The highest BCUT2D eigenvalue weighted by atomic mass is 32.1. The second-order valence-corrected chi connectivity index (χ2v) is 5.60. The van der Waals surface area contributed by atoms with Crippen molar-refractivity contribution in [2.75, 3.05) is 6.54 Å². The van der Waals surface area contributed by atoms with Gasteiger partial charge in [0.2, 0.25) is 0 Å². The minimum Gasteiger partial charge on any atom is -0.387 e. The summed E-state index contributed by atoms with van der Waals surface area (Å²) in [7, 11) is 1.69. The second-order valence-electron chi connectivity index (χ2n) is 4.69. The molecule has 2 N–H and O–H groups in total. The van der Waals surface area contributed by atoms with Gasteiger partial charge in [-0.15, -0.1) is 16.4 Å². The van der Waals surface area contributed by atoms with Crippen LogP contribution >= 0.6 is 11.3 Å². The summed E-state index contributed by atoms with van der Waals surface area (Å²) in [5, 5.41) is 23.3. The molecule has 0 aliphatic heterocycles. The lowest BCUT2D eigenvalue weighted by molar-refractivity contribution is 0.0912. The van der Waals surface area contributed by atoms with Gasteiger partial charge < -0.3 is 10.4 Å². The Hall–Kier alpha value is -2.25. The molecule has 3 rings (SSSR count). The predicted octanol–water partition coefficient (Wildman–Crippen LogP) is 1.49. The number of benzene rings is 1. The lowest BCUT2D eigenvalue weighted by Gasteiger charge is -2.10. The van der Waals surface area contributed by atoms with Gasteiger partial charge >= 0.3 is 0 Å². The quantitative estimate of drug-likeness (QED) is 0.765. The fraction of sp³-hybridized carbons (Fsp3) is 0.214. The normalized spacial score (nSPS) is 12.5. The van der Waals surface area contributed by atoms with Crippen LogP contribution in [-0.4, -0.2) is 32.6 Å². The number of fused-ring (bicyclic) bond motifs is 1. The molecular formula is C14H14N4O2S. The molecule has 0 saturated carbocycles. The maximum absolute atomic E-state index is 11.9. The summed E-state index contributed by atoms with van der Waals surface area (Å²) in [5.74, 6) is -0.346. The van der Waals surface area contributed by atoms with Gasteiger partial charge in [-0.25, -0.2) is 0 Å². The zero-order chi connectivity index (χ0) is 14.8. The molecule has 3 aromatic rings. The number of rotatable bonds is 4. The first kappa shape index (κ1) is 13.7. The van der Waals surface area contributed by atoms with Crippen molar-refractivity contribution in [2.45, 2.75) is 6.10 Å². The lowest BCUT2D eigenvalue weighted by atomic mass is 10.1. The van der Waals surface area contributed by atoms with E-state index < -0.39 is 6.10 Å². The highest BCUT2D eigenvalue weighted by molar-refractivity contribution is 7.17. The van der Waals surface area contributed by atoms with E-state index in [0.717, 1.165) is 15.6 Å². The van der Waals surface area contributed by atoms with E-state index in [-0.39, 0.29) is 18.1 Å². The van der Waals surface area contributed by atoms with Crippen LogP contribution in [0.25, 0.3) is 10.1 Å². The molecule has 108 valence electrons. The van der Waals surface area contributed by atoms with Crippen molar-refractivity contribution in [2.24, 2.45) is 7.05 Å². The Balaban J connectivity index is 1.69. The third-order valence-corrected chi connectivity index (χ3v) is 4.14.